The van der Waals surface area contributed by atoms with Crippen LogP contribution in [0.4, 0.5) is 4.79 Å². The van der Waals surface area contributed by atoms with E-state index in [9.17, 15) is 9.59 Å². The van der Waals surface area contributed by atoms with Gasteiger partial charge in [0.1, 0.15) is 12.6 Å². The van der Waals surface area contributed by atoms with Gasteiger partial charge in [0.25, 0.3) is 0 Å². The molecule has 30 heavy (non-hydrogen) atoms. The largest absolute Gasteiger partial charge is 0.464 e. The van der Waals surface area contributed by atoms with Crippen molar-refractivity contribution in [3.63, 3.8) is 0 Å². The van der Waals surface area contributed by atoms with Crippen molar-refractivity contribution >= 4 is 12.1 Å². The van der Waals surface area contributed by atoms with Crippen molar-refractivity contribution in [1.29, 1.82) is 0 Å². The van der Waals surface area contributed by atoms with Crippen LogP contribution >= 0.6 is 0 Å². The highest BCUT2D eigenvalue weighted by Crippen LogP contribution is 2.44. The molecule has 0 saturated carbocycles. The van der Waals surface area contributed by atoms with Gasteiger partial charge < -0.3 is 20.5 Å². The van der Waals surface area contributed by atoms with Crippen molar-refractivity contribution in [1.82, 2.24) is 5.32 Å². The smallest absolute Gasteiger partial charge is 0.407 e. The third-order valence-corrected chi connectivity index (χ3v) is 5.32. The molecule has 0 saturated heterocycles. The summed E-state index contributed by atoms with van der Waals surface area (Å²) >= 11 is 0. The number of rotatable bonds is 10. The first-order valence-electron chi connectivity index (χ1n) is 10.6. The Kier molecular flexibility index (Phi) is 7.85. The van der Waals surface area contributed by atoms with Crippen molar-refractivity contribution in [2.24, 2.45) is 5.73 Å². The summed E-state index contributed by atoms with van der Waals surface area (Å²) < 4.78 is 10.8. The number of amides is 1. The minimum atomic E-state index is -0.723. The van der Waals surface area contributed by atoms with Crippen LogP contribution in [-0.2, 0) is 14.3 Å². The predicted molar refractivity (Wildman–Crippen MR) is 116 cm³/mol. The molecule has 0 aliphatic heterocycles. The maximum absolute atomic E-state index is 12.5. The van der Waals surface area contributed by atoms with Gasteiger partial charge >= 0.3 is 12.1 Å². The highest BCUT2D eigenvalue weighted by Gasteiger charge is 2.30. The van der Waals surface area contributed by atoms with Crippen molar-refractivity contribution in [2.45, 2.75) is 44.6 Å². The Labute approximate surface area is 177 Å². The molecule has 0 spiro atoms. The standard InChI is InChI=1S/C24H30N2O4/c1-2-15-29-23(27)22(13-7-8-14-25)26-24(28)30-16-21-19-11-5-3-9-17(19)18-10-4-6-12-20(18)21/h3-6,9-12,21-22H,2,7-8,13-16,25H2,1H3,(H,26,28). The van der Waals surface area contributed by atoms with Gasteiger partial charge in [-0.3, -0.25) is 0 Å². The van der Waals surface area contributed by atoms with Crippen LogP contribution < -0.4 is 11.1 Å². The first-order valence-corrected chi connectivity index (χ1v) is 10.6. The molecule has 2 aromatic carbocycles. The van der Waals surface area contributed by atoms with E-state index in [0.717, 1.165) is 30.4 Å². The SMILES string of the molecule is CCCOC(=O)C(CCCCN)NC(=O)OCC1c2ccccc2-c2ccccc21. The average molecular weight is 411 g/mol. The maximum Gasteiger partial charge on any atom is 0.407 e. The summed E-state index contributed by atoms with van der Waals surface area (Å²) in [6, 6.07) is 15.6. The van der Waals surface area contributed by atoms with E-state index in [1.165, 1.54) is 11.1 Å². The summed E-state index contributed by atoms with van der Waals surface area (Å²) in [5, 5.41) is 2.68. The highest BCUT2D eigenvalue weighted by molar-refractivity contribution is 5.82. The van der Waals surface area contributed by atoms with Crippen LogP contribution in [0.2, 0.25) is 0 Å². The van der Waals surface area contributed by atoms with E-state index in [0.29, 0.717) is 19.6 Å². The Balaban J connectivity index is 1.63. The molecule has 1 aliphatic rings. The van der Waals surface area contributed by atoms with Gasteiger partial charge in [0.05, 0.1) is 6.61 Å². The molecule has 0 heterocycles. The molecule has 1 atom stereocenters. The van der Waals surface area contributed by atoms with Gasteiger partial charge in [-0.05, 0) is 54.5 Å². The van der Waals surface area contributed by atoms with Gasteiger partial charge in [0, 0.05) is 5.92 Å². The van der Waals surface area contributed by atoms with Gasteiger partial charge in [-0.2, -0.15) is 0 Å². The summed E-state index contributed by atoms with van der Waals surface area (Å²) in [6.45, 7) is 3.01. The highest BCUT2D eigenvalue weighted by atomic mass is 16.6. The molecule has 160 valence electrons. The van der Waals surface area contributed by atoms with Gasteiger partial charge in [-0.25, -0.2) is 9.59 Å². The number of nitrogens with two attached hydrogens (primary N) is 1. The van der Waals surface area contributed by atoms with Crippen LogP contribution in [0.5, 0.6) is 0 Å². The molecule has 0 radical (unpaired) electrons. The van der Waals surface area contributed by atoms with Gasteiger partial charge in [-0.15, -0.1) is 0 Å². The molecule has 6 nitrogen and oxygen atoms in total. The third-order valence-electron chi connectivity index (χ3n) is 5.32. The second-order valence-electron chi connectivity index (χ2n) is 7.47. The first-order chi connectivity index (χ1) is 14.7. The van der Waals surface area contributed by atoms with Crippen molar-refractivity contribution in [3.8, 4) is 11.1 Å². The van der Waals surface area contributed by atoms with Crippen LogP contribution in [0.1, 0.15) is 49.7 Å². The number of carbonyl (C=O) groups excluding carboxylic acids is 2. The van der Waals surface area contributed by atoms with Gasteiger partial charge in [-0.1, -0.05) is 55.5 Å². The second-order valence-corrected chi connectivity index (χ2v) is 7.47. The van der Waals surface area contributed by atoms with Crippen LogP contribution in [-0.4, -0.2) is 37.9 Å². The molecule has 0 aromatic heterocycles. The Morgan fingerprint density at radius 2 is 1.63 bits per heavy atom. The molecular weight excluding hydrogens is 380 g/mol. The van der Waals surface area contributed by atoms with Gasteiger partial charge in [0.2, 0.25) is 0 Å². The summed E-state index contributed by atoms with van der Waals surface area (Å²) in [5.74, 6) is -0.451. The molecular formula is C24H30N2O4. The lowest BCUT2D eigenvalue weighted by molar-refractivity contribution is -0.146. The second kappa shape index (κ2) is 10.8. The predicted octanol–water partition coefficient (Wildman–Crippen LogP) is 3.98. The van der Waals surface area contributed by atoms with Gasteiger partial charge in [0.15, 0.2) is 0 Å². The quantitative estimate of drug-likeness (QED) is 0.457. The van der Waals surface area contributed by atoms with Crippen molar-refractivity contribution in [3.05, 3.63) is 59.7 Å². The van der Waals surface area contributed by atoms with E-state index >= 15 is 0 Å². The molecule has 2 aromatic rings. The summed E-state index contributed by atoms with van der Waals surface area (Å²) in [4.78, 5) is 24.8. The molecule has 3 N–H and O–H groups in total. The number of unbranched alkanes of at least 4 members (excludes halogenated alkanes) is 1. The molecule has 1 unspecified atom stereocenters. The maximum atomic E-state index is 12.5. The number of carbonyl (C=O) groups is 2. The zero-order chi connectivity index (χ0) is 21.3. The van der Waals surface area contributed by atoms with Crippen molar-refractivity contribution in [2.75, 3.05) is 19.8 Å². The number of benzene rings is 2. The average Bonchev–Trinajstić information content (AvgIpc) is 3.09. The Morgan fingerprint density at radius 3 is 2.23 bits per heavy atom. The molecule has 0 fully saturated rings. The number of esters is 1. The summed E-state index contributed by atoms with van der Waals surface area (Å²) in [5.41, 5.74) is 10.2. The minimum absolute atomic E-state index is 0.0223. The van der Waals surface area contributed by atoms with E-state index in [1.807, 2.05) is 31.2 Å². The van der Waals surface area contributed by atoms with E-state index < -0.39 is 18.1 Å². The number of hydrogen-bond donors (Lipinski definition) is 2. The summed E-state index contributed by atoms with van der Waals surface area (Å²) in [6.07, 6.45) is 2.11. The number of fused-ring (bicyclic) bond motifs is 3. The van der Waals surface area contributed by atoms with E-state index in [2.05, 4.69) is 29.6 Å². The molecule has 6 heteroatoms. The first kappa shape index (κ1) is 21.8. The fraction of sp³-hybridized carbons (Fsp3) is 0.417. The lowest BCUT2D eigenvalue weighted by atomic mass is 9.98. The zero-order valence-electron chi connectivity index (χ0n) is 17.4. The van der Waals surface area contributed by atoms with Crippen LogP contribution in [0.15, 0.2) is 48.5 Å². The van der Waals surface area contributed by atoms with Crippen LogP contribution in [0.25, 0.3) is 11.1 Å². The van der Waals surface area contributed by atoms with E-state index in [1.54, 1.807) is 0 Å². The number of nitrogens with one attached hydrogen (secondary N) is 1. The van der Waals surface area contributed by atoms with E-state index in [-0.39, 0.29) is 12.5 Å². The molecule has 0 bridgehead atoms. The third kappa shape index (κ3) is 5.19. The lowest BCUT2D eigenvalue weighted by Crippen LogP contribution is -2.42. The fourth-order valence-corrected chi connectivity index (χ4v) is 3.83. The Hall–Kier alpha value is -2.86. The monoisotopic (exact) mass is 410 g/mol. The lowest BCUT2D eigenvalue weighted by Gasteiger charge is -2.19. The molecule has 1 aliphatic carbocycles. The number of ether oxygens (including phenoxy) is 2. The molecule has 1 amide bonds. The number of alkyl carbamates (subject to hydrolysis) is 1. The Morgan fingerprint density at radius 1 is 1.00 bits per heavy atom. The topological polar surface area (TPSA) is 90.6 Å². The zero-order valence-corrected chi connectivity index (χ0v) is 17.4. The van der Waals surface area contributed by atoms with Crippen molar-refractivity contribution < 1.29 is 19.1 Å². The molecule has 3 rings (SSSR count). The Bertz CT molecular complexity index is 822. The minimum Gasteiger partial charge on any atom is -0.464 e. The van der Waals surface area contributed by atoms with Crippen LogP contribution in [0, 0.1) is 0 Å². The normalized spacial score (nSPS) is 13.3. The summed E-state index contributed by atoms with van der Waals surface area (Å²) in [7, 11) is 0. The van der Waals surface area contributed by atoms with E-state index in [4.69, 9.17) is 15.2 Å². The number of hydrogen-bond acceptors (Lipinski definition) is 5. The fourth-order valence-electron chi connectivity index (χ4n) is 3.83. The van der Waals surface area contributed by atoms with Crippen LogP contribution in [0.3, 0.4) is 0 Å².